The maximum Gasteiger partial charge on any atom is 0.146 e. The quantitative estimate of drug-likeness (QED) is 0.723. The van der Waals surface area contributed by atoms with E-state index in [9.17, 15) is 4.79 Å². The third-order valence-corrected chi connectivity index (χ3v) is 1.91. The normalized spacial score (nSPS) is 12.5. The first-order valence-electron chi connectivity index (χ1n) is 4.13. The number of rotatable bonds is 3. The van der Waals surface area contributed by atoms with Crippen molar-refractivity contribution in [1.29, 1.82) is 0 Å². The summed E-state index contributed by atoms with van der Waals surface area (Å²) >= 11 is 0. The first-order chi connectivity index (χ1) is 6.09. The number of carbonyl (C=O) groups is 1. The van der Waals surface area contributed by atoms with Gasteiger partial charge in [0.05, 0.1) is 6.04 Å². The second-order valence-electron chi connectivity index (χ2n) is 3.09. The lowest BCUT2D eigenvalue weighted by molar-refractivity contribution is -0.118. The van der Waals surface area contributed by atoms with Crippen LogP contribution in [0, 0.1) is 0 Å². The Morgan fingerprint density at radius 2 is 2.00 bits per heavy atom. The number of nitrogens with two attached hydrogens (primary N) is 1. The van der Waals surface area contributed by atoms with Crippen LogP contribution in [0.5, 0.6) is 5.75 Å². The Kier molecular flexibility index (Phi) is 3.03. The zero-order valence-electron chi connectivity index (χ0n) is 7.53. The molecule has 0 fully saturated rings. The van der Waals surface area contributed by atoms with E-state index in [1.807, 2.05) is 0 Å². The number of phenolic OH excluding ortho intramolecular Hbond substituents is 1. The molecule has 0 aromatic heterocycles. The zero-order valence-corrected chi connectivity index (χ0v) is 7.53. The largest absolute Gasteiger partial charge is 0.508 e. The second kappa shape index (κ2) is 4.05. The molecule has 13 heavy (non-hydrogen) atoms. The highest BCUT2D eigenvalue weighted by Crippen LogP contribution is 2.10. The van der Waals surface area contributed by atoms with Crippen molar-refractivity contribution < 1.29 is 9.90 Å². The summed E-state index contributed by atoms with van der Waals surface area (Å²) in [6.07, 6.45) is 0.523. The predicted octanol–water partition coefficient (Wildman–Crippen LogP) is 0.851. The highest BCUT2D eigenvalue weighted by atomic mass is 16.3. The van der Waals surface area contributed by atoms with Crippen LogP contribution in [0.4, 0.5) is 0 Å². The van der Waals surface area contributed by atoms with E-state index in [4.69, 9.17) is 10.8 Å². The number of Topliss-reactive ketones (excluding diaryl/α,β-unsaturated/α-hetero) is 1. The van der Waals surface area contributed by atoms with E-state index < -0.39 is 6.04 Å². The van der Waals surface area contributed by atoms with Crippen molar-refractivity contribution >= 4 is 5.78 Å². The fourth-order valence-corrected chi connectivity index (χ4v) is 1.03. The van der Waals surface area contributed by atoms with Crippen molar-refractivity contribution in [3.8, 4) is 5.75 Å². The molecule has 3 heteroatoms. The molecule has 0 saturated heterocycles. The van der Waals surface area contributed by atoms with Gasteiger partial charge in [-0.05, 0) is 31.0 Å². The van der Waals surface area contributed by atoms with E-state index in [0.29, 0.717) is 6.42 Å². The number of hydrogen-bond donors (Lipinski definition) is 2. The monoisotopic (exact) mass is 179 g/mol. The topological polar surface area (TPSA) is 63.3 Å². The van der Waals surface area contributed by atoms with E-state index in [1.165, 1.54) is 6.92 Å². The van der Waals surface area contributed by atoms with Crippen LogP contribution in [0.2, 0.25) is 0 Å². The molecule has 0 aliphatic rings. The fourth-order valence-electron chi connectivity index (χ4n) is 1.03. The Labute approximate surface area is 77.2 Å². The van der Waals surface area contributed by atoms with Crippen molar-refractivity contribution in [2.75, 3.05) is 0 Å². The first kappa shape index (κ1) is 9.74. The maximum absolute atomic E-state index is 10.8. The minimum Gasteiger partial charge on any atom is -0.508 e. The van der Waals surface area contributed by atoms with E-state index in [0.717, 1.165) is 5.56 Å². The van der Waals surface area contributed by atoms with Crippen LogP contribution >= 0.6 is 0 Å². The molecule has 1 aromatic rings. The summed E-state index contributed by atoms with van der Waals surface area (Å²) in [4.78, 5) is 10.8. The molecule has 70 valence electrons. The van der Waals surface area contributed by atoms with Gasteiger partial charge in [-0.15, -0.1) is 0 Å². The fraction of sp³-hybridized carbons (Fsp3) is 0.300. The van der Waals surface area contributed by atoms with Gasteiger partial charge >= 0.3 is 0 Å². The standard InChI is InChI=1S/C10H13NO2/c1-7(12)10(11)6-8-2-4-9(13)5-3-8/h2-5,10,13H,6,11H2,1H3. The molecule has 1 unspecified atom stereocenters. The molecule has 3 nitrogen and oxygen atoms in total. The smallest absolute Gasteiger partial charge is 0.146 e. The first-order valence-corrected chi connectivity index (χ1v) is 4.13. The Morgan fingerprint density at radius 3 is 2.46 bits per heavy atom. The summed E-state index contributed by atoms with van der Waals surface area (Å²) in [6.45, 7) is 1.48. The van der Waals surface area contributed by atoms with Gasteiger partial charge in [0.1, 0.15) is 11.5 Å². The Balaban J connectivity index is 2.64. The third-order valence-electron chi connectivity index (χ3n) is 1.91. The van der Waals surface area contributed by atoms with E-state index in [2.05, 4.69) is 0 Å². The van der Waals surface area contributed by atoms with Crippen molar-refractivity contribution in [2.24, 2.45) is 5.73 Å². The summed E-state index contributed by atoms with van der Waals surface area (Å²) < 4.78 is 0. The van der Waals surface area contributed by atoms with Crippen molar-refractivity contribution in [1.82, 2.24) is 0 Å². The molecule has 0 heterocycles. The van der Waals surface area contributed by atoms with Gasteiger partial charge < -0.3 is 10.8 Å². The van der Waals surface area contributed by atoms with Crippen molar-refractivity contribution in [3.63, 3.8) is 0 Å². The average Bonchev–Trinajstić information content (AvgIpc) is 2.08. The highest BCUT2D eigenvalue weighted by molar-refractivity contribution is 5.81. The van der Waals surface area contributed by atoms with Gasteiger partial charge in [-0.2, -0.15) is 0 Å². The third kappa shape index (κ3) is 2.87. The lowest BCUT2D eigenvalue weighted by Crippen LogP contribution is -2.30. The molecule has 0 aliphatic carbocycles. The minimum absolute atomic E-state index is 0.0203. The van der Waals surface area contributed by atoms with Crippen LogP contribution in [0.1, 0.15) is 12.5 Å². The van der Waals surface area contributed by atoms with Crippen LogP contribution in [0.15, 0.2) is 24.3 Å². The molecule has 0 bridgehead atoms. The Morgan fingerprint density at radius 1 is 1.46 bits per heavy atom. The second-order valence-corrected chi connectivity index (χ2v) is 3.09. The highest BCUT2D eigenvalue weighted by Gasteiger charge is 2.08. The molecule has 3 N–H and O–H groups in total. The molecule has 1 atom stereocenters. The van der Waals surface area contributed by atoms with Gasteiger partial charge in [-0.1, -0.05) is 12.1 Å². The van der Waals surface area contributed by atoms with Crippen LogP contribution in [0.25, 0.3) is 0 Å². The lowest BCUT2D eigenvalue weighted by atomic mass is 10.0. The molecule has 0 amide bonds. The van der Waals surface area contributed by atoms with E-state index >= 15 is 0 Å². The molecule has 1 rings (SSSR count). The van der Waals surface area contributed by atoms with Crippen LogP contribution in [-0.2, 0) is 11.2 Å². The van der Waals surface area contributed by atoms with Gasteiger partial charge in [-0.25, -0.2) is 0 Å². The number of ketones is 1. The SMILES string of the molecule is CC(=O)C(N)Cc1ccc(O)cc1. The molecule has 0 spiro atoms. The molecular weight excluding hydrogens is 166 g/mol. The van der Waals surface area contributed by atoms with Crippen LogP contribution in [-0.4, -0.2) is 16.9 Å². The van der Waals surface area contributed by atoms with E-state index in [-0.39, 0.29) is 11.5 Å². The van der Waals surface area contributed by atoms with E-state index in [1.54, 1.807) is 24.3 Å². The van der Waals surface area contributed by atoms with Crippen LogP contribution in [0.3, 0.4) is 0 Å². The average molecular weight is 179 g/mol. The number of benzene rings is 1. The van der Waals surface area contributed by atoms with Gasteiger partial charge in [0, 0.05) is 0 Å². The van der Waals surface area contributed by atoms with Gasteiger partial charge in [-0.3, -0.25) is 4.79 Å². The van der Waals surface area contributed by atoms with Crippen molar-refractivity contribution in [3.05, 3.63) is 29.8 Å². The number of hydrogen-bond acceptors (Lipinski definition) is 3. The Hall–Kier alpha value is -1.35. The summed E-state index contributed by atoms with van der Waals surface area (Å²) in [5.41, 5.74) is 6.53. The Bertz CT molecular complexity index is 292. The minimum atomic E-state index is -0.440. The van der Waals surface area contributed by atoms with Crippen molar-refractivity contribution in [2.45, 2.75) is 19.4 Å². The number of carbonyl (C=O) groups excluding carboxylic acids is 1. The summed E-state index contributed by atoms with van der Waals surface area (Å²) in [5.74, 6) is 0.202. The van der Waals surface area contributed by atoms with Crippen LogP contribution < -0.4 is 5.73 Å². The summed E-state index contributed by atoms with van der Waals surface area (Å²) in [7, 11) is 0. The summed E-state index contributed by atoms with van der Waals surface area (Å²) in [5, 5.41) is 9.00. The van der Waals surface area contributed by atoms with Gasteiger partial charge in [0.15, 0.2) is 0 Å². The van der Waals surface area contributed by atoms with Gasteiger partial charge in [0.25, 0.3) is 0 Å². The maximum atomic E-state index is 10.8. The zero-order chi connectivity index (χ0) is 9.84. The molecule has 0 saturated carbocycles. The number of phenols is 1. The molecule has 0 radical (unpaired) electrons. The summed E-state index contributed by atoms with van der Waals surface area (Å²) in [6, 6.07) is 6.25. The van der Waals surface area contributed by atoms with Gasteiger partial charge in [0.2, 0.25) is 0 Å². The molecule has 1 aromatic carbocycles. The molecular formula is C10H13NO2. The molecule has 0 aliphatic heterocycles. The number of aromatic hydroxyl groups is 1. The lowest BCUT2D eigenvalue weighted by Gasteiger charge is -2.07. The predicted molar refractivity (Wildman–Crippen MR) is 50.5 cm³/mol.